The highest BCUT2D eigenvalue weighted by Gasteiger charge is 2.24. The molecule has 1 unspecified atom stereocenters. The zero-order chi connectivity index (χ0) is 11.0. The van der Waals surface area contributed by atoms with E-state index >= 15 is 0 Å². The zero-order valence-corrected chi connectivity index (χ0v) is 9.92. The summed E-state index contributed by atoms with van der Waals surface area (Å²) >= 11 is 0. The Hall–Kier alpha value is -1.02. The van der Waals surface area contributed by atoms with Crippen LogP contribution in [0, 0.1) is 6.92 Å². The van der Waals surface area contributed by atoms with E-state index in [9.17, 15) is 0 Å². The van der Waals surface area contributed by atoms with E-state index in [0.717, 1.165) is 19.1 Å². The molecule has 2 aliphatic rings. The fourth-order valence-electron chi connectivity index (χ4n) is 2.53. The molecule has 1 heterocycles. The molecule has 1 saturated carbocycles. The van der Waals surface area contributed by atoms with Crippen LogP contribution in [0.3, 0.4) is 0 Å². The van der Waals surface area contributed by atoms with Crippen molar-refractivity contribution in [1.29, 1.82) is 0 Å². The molecule has 1 aromatic rings. The Labute approximate surface area is 97.4 Å². The summed E-state index contributed by atoms with van der Waals surface area (Å²) in [5.41, 5.74) is 4.23. The molecular formula is C14H20N2. The quantitative estimate of drug-likeness (QED) is 0.811. The van der Waals surface area contributed by atoms with Gasteiger partial charge in [-0.05, 0) is 37.8 Å². The maximum Gasteiger partial charge on any atom is 0.0376 e. The van der Waals surface area contributed by atoms with Crippen molar-refractivity contribution in [2.45, 2.75) is 38.1 Å². The van der Waals surface area contributed by atoms with Crippen molar-refractivity contribution >= 4 is 5.69 Å². The fraction of sp³-hybridized carbons (Fsp3) is 0.571. The number of rotatable bonds is 3. The first-order valence-electron chi connectivity index (χ1n) is 6.41. The minimum Gasteiger partial charge on any atom is -0.385 e. The van der Waals surface area contributed by atoms with Crippen LogP contribution in [0.2, 0.25) is 0 Å². The van der Waals surface area contributed by atoms with Gasteiger partial charge in [-0.15, -0.1) is 0 Å². The molecule has 1 aliphatic heterocycles. The van der Waals surface area contributed by atoms with Gasteiger partial charge in [0.2, 0.25) is 0 Å². The molecule has 0 amide bonds. The van der Waals surface area contributed by atoms with E-state index < -0.39 is 0 Å². The monoisotopic (exact) mass is 216 g/mol. The second kappa shape index (κ2) is 4.10. The number of hydrogen-bond donors (Lipinski definition) is 2. The van der Waals surface area contributed by atoms with Gasteiger partial charge in [-0.25, -0.2) is 0 Å². The van der Waals surface area contributed by atoms with Gasteiger partial charge in [0, 0.05) is 30.7 Å². The first-order valence-corrected chi connectivity index (χ1v) is 6.41. The summed E-state index contributed by atoms with van der Waals surface area (Å²) in [4.78, 5) is 0. The van der Waals surface area contributed by atoms with Gasteiger partial charge in [0.25, 0.3) is 0 Å². The summed E-state index contributed by atoms with van der Waals surface area (Å²) in [6, 6.07) is 7.60. The summed E-state index contributed by atoms with van der Waals surface area (Å²) in [7, 11) is 0. The Morgan fingerprint density at radius 3 is 3.00 bits per heavy atom. The average Bonchev–Trinajstić information content (AvgIpc) is 3.10. The maximum absolute atomic E-state index is 3.66. The van der Waals surface area contributed by atoms with Crippen LogP contribution in [-0.4, -0.2) is 19.1 Å². The summed E-state index contributed by atoms with van der Waals surface area (Å²) in [6.45, 7) is 4.45. The fourth-order valence-corrected chi connectivity index (χ4v) is 2.53. The van der Waals surface area contributed by atoms with Gasteiger partial charge < -0.3 is 10.6 Å². The molecule has 0 bridgehead atoms. The highest BCUT2D eigenvalue weighted by atomic mass is 15.0. The number of nitrogens with one attached hydrogen (secondary N) is 2. The molecule has 0 radical (unpaired) electrons. The first kappa shape index (κ1) is 10.2. The normalized spacial score (nSPS) is 23.7. The van der Waals surface area contributed by atoms with Crippen LogP contribution in [0.15, 0.2) is 18.2 Å². The molecule has 16 heavy (non-hydrogen) atoms. The lowest BCUT2D eigenvalue weighted by atomic mass is 9.90. The molecular weight excluding hydrogens is 196 g/mol. The standard InChI is InChI=1S/C14H20N2/c1-10-2-5-14-13(8-10)11(6-7-15-14)9-16-12-3-4-12/h2,5,8,11-12,15-16H,3-4,6-7,9H2,1H3. The highest BCUT2D eigenvalue weighted by Crippen LogP contribution is 2.32. The number of anilines is 1. The van der Waals surface area contributed by atoms with Crippen molar-refractivity contribution in [1.82, 2.24) is 5.32 Å². The van der Waals surface area contributed by atoms with E-state index in [4.69, 9.17) is 0 Å². The third-order valence-corrected chi connectivity index (χ3v) is 3.69. The molecule has 2 N–H and O–H groups in total. The van der Waals surface area contributed by atoms with Crippen LogP contribution in [0.1, 0.15) is 36.3 Å². The lowest BCUT2D eigenvalue weighted by Crippen LogP contribution is -2.28. The second-order valence-corrected chi connectivity index (χ2v) is 5.19. The number of hydrogen-bond acceptors (Lipinski definition) is 2. The van der Waals surface area contributed by atoms with E-state index in [1.54, 1.807) is 0 Å². The van der Waals surface area contributed by atoms with E-state index in [1.807, 2.05) is 0 Å². The van der Waals surface area contributed by atoms with Crippen molar-refractivity contribution in [2.75, 3.05) is 18.4 Å². The summed E-state index contributed by atoms with van der Waals surface area (Å²) in [5.74, 6) is 0.705. The smallest absolute Gasteiger partial charge is 0.0376 e. The van der Waals surface area contributed by atoms with Crippen LogP contribution in [-0.2, 0) is 0 Å². The topological polar surface area (TPSA) is 24.1 Å². The lowest BCUT2D eigenvalue weighted by molar-refractivity contribution is 0.549. The second-order valence-electron chi connectivity index (χ2n) is 5.19. The Morgan fingerprint density at radius 1 is 1.31 bits per heavy atom. The van der Waals surface area contributed by atoms with Crippen LogP contribution >= 0.6 is 0 Å². The van der Waals surface area contributed by atoms with Crippen molar-refractivity contribution < 1.29 is 0 Å². The Kier molecular flexibility index (Phi) is 2.60. The van der Waals surface area contributed by atoms with Gasteiger partial charge in [-0.1, -0.05) is 17.7 Å². The number of benzene rings is 1. The van der Waals surface area contributed by atoms with Crippen LogP contribution in [0.4, 0.5) is 5.69 Å². The maximum atomic E-state index is 3.66. The van der Waals surface area contributed by atoms with Gasteiger partial charge >= 0.3 is 0 Å². The van der Waals surface area contributed by atoms with Crippen molar-refractivity contribution in [3.8, 4) is 0 Å². The summed E-state index contributed by atoms with van der Waals surface area (Å²) in [5, 5.41) is 7.15. The molecule has 2 nitrogen and oxygen atoms in total. The summed E-state index contributed by atoms with van der Waals surface area (Å²) < 4.78 is 0. The third-order valence-electron chi connectivity index (χ3n) is 3.69. The van der Waals surface area contributed by atoms with Crippen molar-refractivity contribution in [3.05, 3.63) is 29.3 Å². The van der Waals surface area contributed by atoms with Gasteiger partial charge in [0.05, 0.1) is 0 Å². The van der Waals surface area contributed by atoms with E-state index in [0.29, 0.717) is 5.92 Å². The Bertz CT molecular complexity index is 382. The Balaban J connectivity index is 1.77. The highest BCUT2D eigenvalue weighted by molar-refractivity contribution is 5.56. The van der Waals surface area contributed by atoms with Gasteiger partial charge in [0.1, 0.15) is 0 Å². The van der Waals surface area contributed by atoms with Crippen LogP contribution in [0.5, 0.6) is 0 Å². The SMILES string of the molecule is Cc1ccc2c(c1)C(CNC1CC1)CCN2. The molecule has 0 saturated heterocycles. The van der Waals surface area contributed by atoms with Crippen LogP contribution < -0.4 is 10.6 Å². The van der Waals surface area contributed by atoms with E-state index in [-0.39, 0.29) is 0 Å². The average molecular weight is 216 g/mol. The van der Waals surface area contributed by atoms with Gasteiger partial charge in [0.15, 0.2) is 0 Å². The largest absolute Gasteiger partial charge is 0.385 e. The van der Waals surface area contributed by atoms with Gasteiger partial charge in [-0.3, -0.25) is 0 Å². The molecule has 2 heteroatoms. The lowest BCUT2D eigenvalue weighted by Gasteiger charge is -2.27. The van der Waals surface area contributed by atoms with Crippen LogP contribution in [0.25, 0.3) is 0 Å². The van der Waals surface area contributed by atoms with Crippen molar-refractivity contribution in [2.24, 2.45) is 0 Å². The predicted molar refractivity (Wildman–Crippen MR) is 68.1 cm³/mol. The minimum atomic E-state index is 0.705. The molecule has 1 aromatic carbocycles. The molecule has 0 spiro atoms. The molecule has 1 aliphatic carbocycles. The predicted octanol–water partition coefficient (Wildman–Crippen LogP) is 2.65. The summed E-state index contributed by atoms with van der Waals surface area (Å²) in [6.07, 6.45) is 4.02. The van der Waals surface area contributed by atoms with Crippen molar-refractivity contribution in [3.63, 3.8) is 0 Å². The molecule has 0 aromatic heterocycles. The van der Waals surface area contributed by atoms with Gasteiger partial charge in [-0.2, -0.15) is 0 Å². The Morgan fingerprint density at radius 2 is 2.19 bits per heavy atom. The van der Waals surface area contributed by atoms with E-state index in [2.05, 4.69) is 35.8 Å². The third kappa shape index (κ3) is 2.07. The minimum absolute atomic E-state index is 0.705. The number of aryl methyl sites for hydroxylation is 1. The molecule has 1 fully saturated rings. The molecule has 3 rings (SSSR count). The molecule has 1 atom stereocenters. The first-order chi connectivity index (χ1) is 7.83. The number of fused-ring (bicyclic) bond motifs is 1. The molecule has 86 valence electrons. The zero-order valence-electron chi connectivity index (χ0n) is 9.92. The van der Waals surface area contributed by atoms with E-state index in [1.165, 1.54) is 36.1 Å².